The molecule has 0 amide bonds. The van der Waals surface area contributed by atoms with Gasteiger partial charge in [-0.15, -0.1) is 0 Å². The van der Waals surface area contributed by atoms with E-state index in [1.807, 2.05) is 24.3 Å². The SMILES string of the molecule is CC(=O)c1cn(CCF)c2ccccc12. The molecule has 0 unspecified atom stereocenters. The van der Waals surface area contributed by atoms with Gasteiger partial charge in [-0.1, -0.05) is 18.2 Å². The van der Waals surface area contributed by atoms with Crippen LogP contribution in [-0.2, 0) is 6.54 Å². The highest BCUT2D eigenvalue weighted by atomic mass is 19.1. The monoisotopic (exact) mass is 205 g/mol. The van der Waals surface area contributed by atoms with Crippen molar-refractivity contribution in [2.75, 3.05) is 6.67 Å². The number of fused-ring (bicyclic) bond motifs is 1. The zero-order valence-corrected chi connectivity index (χ0v) is 8.53. The molecule has 2 aromatic rings. The third-order valence-corrected chi connectivity index (χ3v) is 2.49. The Kier molecular flexibility index (Phi) is 2.54. The number of halogens is 1. The molecule has 0 spiro atoms. The van der Waals surface area contributed by atoms with Crippen molar-refractivity contribution >= 4 is 16.7 Å². The van der Waals surface area contributed by atoms with E-state index in [1.165, 1.54) is 6.92 Å². The van der Waals surface area contributed by atoms with E-state index in [0.29, 0.717) is 12.1 Å². The van der Waals surface area contributed by atoms with Crippen molar-refractivity contribution in [3.63, 3.8) is 0 Å². The number of ketones is 1. The Morgan fingerprint density at radius 2 is 2.13 bits per heavy atom. The largest absolute Gasteiger partial charge is 0.344 e. The van der Waals surface area contributed by atoms with Gasteiger partial charge in [-0.25, -0.2) is 4.39 Å². The lowest BCUT2D eigenvalue weighted by Crippen LogP contribution is -1.97. The highest BCUT2D eigenvalue weighted by molar-refractivity contribution is 6.06. The predicted molar refractivity (Wildman–Crippen MR) is 57.9 cm³/mol. The van der Waals surface area contributed by atoms with Crippen LogP contribution in [0.3, 0.4) is 0 Å². The van der Waals surface area contributed by atoms with Gasteiger partial charge in [0.05, 0.1) is 6.54 Å². The van der Waals surface area contributed by atoms with Crippen LogP contribution in [0.25, 0.3) is 10.9 Å². The maximum Gasteiger partial charge on any atom is 0.161 e. The fourth-order valence-corrected chi connectivity index (χ4v) is 1.80. The van der Waals surface area contributed by atoms with Crippen molar-refractivity contribution in [2.24, 2.45) is 0 Å². The van der Waals surface area contributed by atoms with Gasteiger partial charge in [0.25, 0.3) is 0 Å². The number of para-hydroxylation sites is 1. The minimum absolute atomic E-state index is 0.0174. The molecule has 1 heterocycles. The van der Waals surface area contributed by atoms with E-state index in [1.54, 1.807) is 10.8 Å². The molecular formula is C12H12FNO. The smallest absolute Gasteiger partial charge is 0.161 e. The van der Waals surface area contributed by atoms with Crippen LogP contribution in [0.2, 0.25) is 0 Å². The minimum Gasteiger partial charge on any atom is -0.344 e. The molecule has 0 N–H and O–H groups in total. The first-order valence-electron chi connectivity index (χ1n) is 4.89. The topological polar surface area (TPSA) is 22.0 Å². The number of carbonyl (C=O) groups is 1. The van der Waals surface area contributed by atoms with Gasteiger partial charge in [-0.3, -0.25) is 4.79 Å². The van der Waals surface area contributed by atoms with Crippen molar-refractivity contribution in [2.45, 2.75) is 13.5 Å². The van der Waals surface area contributed by atoms with Gasteiger partial charge in [-0.05, 0) is 13.0 Å². The van der Waals surface area contributed by atoms with Gasteiger partial charge in [-0.2, -0.15) is 0 Å². The predicted octanol–water partition coefficient (Wildman–Crippen LogP) is 2.81. The van der Waals surface area contributed by atoms with Crippen molar-refractivity contribution < 1.29 is 9.18 Å². The summed E-state index contributed by atoms with van der Waals surface area (Å²) in [5.41, 5.74) is 1.58. The van der Waals surface area contributed by atoms with E-state index in [2.05, 4.69) is 0 Å². The first-order chi connectivity index (χ1) is 7.24. The van der Waals surface area contributed by atoms with Crippen molar-refractivity contribution in [3.8, 4) is 0 Å². The average Bonchev–Trinajstić information content (AvgIpc) is 2.59. The summed E-state index contributed by atoms with van der Waals surface area (Å²) in [5, 5.41) is 0.901. The molecule has 0 aliphatic carbocycles. The number of Topliss-reactive ketones (excluding diaryl/α,β-unsaturated/α-hetero) is 1. The molecule has 1 aromatic carbocycles. The number of nitrogens with zero attached hydrogens (tertiary/aromatic N) is 1. The van der Waals surface area contributed by atoms with Gasteiger partial charge in [0.15, 0.2) is 5.78 Å². The molecule has 78 valence electrons. The number of hydrogen-bond donors (Lipinski definition) is 0. The van der Waals surface area contributed by atoms with E-state index < -0.39 is 6.67 Å². The molecule has 0 aliphatic heterocycles. The van der Waals surface area contributed by atoms with E-state index in [9.17, 15) is 9.18 Å². The third-order valence-electron chi connectivity index (χ3n) is 2.49. The Morgan fingerprint density at radius 3 is 2.80 bits per heavy atom. The summed E-state index contributed by atoms with van der Waals surface area (Å²) in [6, 6.07) is 7.56. The summed E-state index contributed by atoms with van der Waals surface area (Å²) in [4.78, 5) is 11.4. The van der Waals surface area contributed by atoms with E-state index in [0.717, 1.165) is 10.9 Å². The standard InChI is InChI=1S/C12H12FNO/c1-9(15)11-8-14(7-6-13)12-5-3-2-4-10(11)12/h2-5,8H,6-7H2,1H3. The van der Waals surface area contributed by atoms with E-state index in [4.69, 9.17) is 0 Å². The van der Waals surface area contributed by atoms with Crippen LogP contribution in [0.1, 0.15) is 17.3 Å². The second-order valence-electron chi connectivity index (χ2n) is 3.50. The Labute approximate surface area is 87.3 Å². The Bertz CT molecular complexity index is 501. The maximum atomic E-state index is 12.3. The number of rotatable bonds is 3. The van der Waals surface area contributed by atoms with Crippen molar-refractivity contribution in [1.29, 1.82) is 0 Å². The molecule has 0 bridgehead atoms. The summed E-state index contributed by atoms with van der Waals surface area (Å²) >= 11 is 0. The normalized spacial score (nSPS) is 10.8. The summed E-state index contributed by atoms with van der Waals surface area (Å²) in [6.07, 6.45) is 1.73. The van der Waals surface area contributed by atoms with Gasteiger partial charge < -0.3 is 4.57 Å². The summed E-state index contributed by atoms with van der Waals surface area (Å²) in [7, 11) is 0. The molecule has 1 aromatic heterocycles. The summed E-state index contributed by atoms with van der Waals surface area (Å²) < 4.78 is 14.1. The fraction of sp³-hybridized carbons (Fsp3) is 0.250. The van der Waals surface area contributed by atoms with Crippen LogP contribution in [0, 0.1) is 0 Å². The third kappa shape index (κ3) is 1.65. The fourth-order valence-electron chi connectivity index (χ4n) is 1.80. The number of alkyl halides is 1. The number of hydrogen-bond acceptors (Lipinski definition) is 1. The molecule has 0 saturated heterocycles. The Morgan fingerprint density at radius 1 is 1.40 bits per heavy atom. The van der Waals surface area contributed by atoms with E-state index in [-0.39, 0.29) is 5.78 Å². The number of aromatic nitrogens is 1. The molecule has 15 heavy (non-hydrogen) atoms. The highest BCUT2D eigenvalue weighted by Crippen LogP contribution is 2.21. The van der Waals surface area contributed by atoms with Gasteiger partial charge >= 0.3 is 0 Å². The maximum absolute atomic E-state index is 12.3. The van der Waals surface area contributed by atoms with Gasteiger partial charge in [0, 0.05) is 22.7 Å². The molecule has 0 atom stereocenters. The molecule has 3 heteroatoms. The van der Waals surface area contributed by atoms with Crippen LogP contribution in [0.5, 0.6) is 0 Å². The van der Waals surface area contributed by atoms with Gasteiger partial charge in [0.2, 0.25) is 0 Å². The summed E-state index contributed by atoms with van der Waals surface area (Å²) in [5.74, 6) is 0.0174. The van der Waals surface area contributed by atoms with Crippen LogP contribution < -0.4 is 0 Å². The van der Waals surface area contributed by atoms with Crippen LogP contribution in [0.4, 0.5) is 4.39 Å². The van der Waals surface area contributed by atoms with Crippen LogP contribution >= 0.6 is 0 Å². The molecule has 2 nitrogen and oxygen atoms in total. The second kappa shape index (κ2) is 3.85. The van der Waals surface area contributed by atoms with Crippen LogP contribution in [-0.4, -0.2) is 17.0 Å². The average molecular weight is 205 g/mol. The molecule has 0 radical (unpaired) electrons. The van der Waals surface area contributed by atoms with Crippen molar-refractivity contribution in [3.05, 3.63) is 36.0 Å². The zero-order chi connectivity index (χ0) is 10.8. The molecule has 0 saturated carbocycles. The lowest BCUT2D eigenvalue weighted by atomic mass is 10.1. The van der Waals surface area contributed by atoms with Gasteiger partial charge in [0.1, 0.15) is 6.67 Å². The minimum atomic E-state index is -0.421. The number of benzene rings is 1. The number of carbonyl (C=O) groups excluding carboxylic acids is 1. The Balaban J connectivity index is 2.67. The molecule has 0 fully saturated rings. The molecular weight excluding hydrogens is 193 g/mol. The lowest BCUT2D eigenvalue weighted by molar-refractivity contribution is 0.101. The molecule has 2 rings (SSSR count). The molecule has 0 aliphatic rings. The number of aryl methyl sites for hydroxylation is 1. The Hall–Kier alpha value is -1.64. The quantitative estimate of drug-likeness (QED) is 0.706. The van der Waals surface area contributed by atoms with E-state index >= 15 is 0 Å². The zero-order valence-electron chi connectivity index (χ0n) is 8.53. The summed E-state index contributed by atoms with van der Waals surface area (Å²) in [6.45, 7) is 1.41. The first kappa shape index (κ1) is 9.90. The lowest BCUT2D eigenvalue weighted by Gasteiger charge is -1.99. The van der Waals surface area contributed by atoms with Crippen LogP contribution in [0.15, 0.2) is 30.5 Å². The first-order valence-corrected chi connectivity index (χ1v) is 4.89. The second-order valence-corrected chi connectivity index (χ2v) is 3.50. The highest BCUT2D eigenvalue weighted by Gasteiger charge is 2.10. The van der Waals surface area contributed by atoms with Crippen molar-refractivity contribution in [1.82, 2.24) is 4.57 Å².